The van der Waals surface area contributed by atoms with Gasteiger partial charge in [0.05, 0.1) is 5.01 Å². The van der Waals surface area contributed by atoms with Crippen molar-refractivity contribution in [3.8, 4) is 0 Å². The van der Waals surface area contributed by atoms with Crippen LogP contribution in [-0.4, -0.2) is 24.5 Å². The minimum Gasteiger partial charge on any atom is -0.356 e. The largest absolute Gasteiger partial charge is 0.356 e. The fraction of sp³-hybridized carbons (Fsp3) is 0.333. The molecule has 0 saturated carbocycles. The van der Waals surface area contributed by atoms with Gasteiger partial charge in [-0.05, 0) is 13.0 Å². The summed E-state index contributed by atoms with van der Waals surface area (Å²) >= 11 is 1.70. The van der Waals surface area contributed by atoms with Crippen LogP contribution in [0.5, 0.6) is 0 Å². The van der Waals surface area contributed by atoms with Crippen LogP contribution in [0, 0.1) is 12.7 Å². The fourth-order valence-corrected chi connectivity index (χ4v) is 2.63. The van der Waals surface area contributed by atoms with Gasteiger partial charge in [0, 0.05) is 43.2 Å². The minimum absolute atomic E-state index is 0. The van der Waals surface area contributed by atoms with Gasteiger partial charge in [-0.15, -0.1) is 35.3 Å². The third-order valence-corrected chi connectivity index (χ3v) is 3.90. The smallest absolute Gasteiger partial charge is 0.191 e. The summed E-state index contributed by atoms with van der Waals surface area (Å²) in [7, 11) is 1.70. The third-order valence-electron chi connectivity index (χ3n) is 2.93. The molecule has 0 saturated heterocycles. The molecule has 2 aromatic rings. The lowest BCUT2D eigenvalue weighted by molar-refractivity contribution is 0.604. The lowest BCUT2D eigenvalue weighted by Gasteiger charge is -2.11. The molecule has 2 rings (SSSR count). The highest BCUT2D eigenvalue weighted by molar-refractivity contribution is 14.0. The Labute approximate surface area is 151 Å². The highest BCUT2D eigenvalue weighted by Crippen LogP contribution is 2.10. The predicted molar refractivity (Wildman–Crippen MR) is 101 cm³/mol. The van der Waals surface area contributed by atoms with E-state index in [-0.39, 0.29) is 29.8 Å². The van der Waals surface area contributed by atoms with Gasteiger partial charge in [0.1, 0.15) is 5.82 Å². The maximum absolute atomic E-state index is 13.5. The first-order valence-corrected chi connectivity index (χ1v) is 7.60. The molecule has 0 spiro atoms. The Kier molecular flexibility index (Phi) is 8.32. The Hall–Kier alpha value is -1.22. The van der Waals surface area contributed by atoms with Crippen LogP contribution >= 0.6 is 35.3 Å². The van der Waals surface area contributed by atoms with Crippen molar-refractivity contribution in [2.75, 3.05) is 13.6 Å². The molecule has 1 heterocycles. The highest BCUT2D eigenvalue weighted by atomic mass is 127. The van der Waals surface area contributed by atoms with Crippen LogP contribution in [-0.2, 0) is 13.0 Å². The molecule has 22 heavy (non-hydrogen) atoms. The molecule has 1 aromatic heterocycles. The number of halogens is 2. The van der Waals surface area contributed by atoms with E-state index >= 15 is 0 Å². The number of aromatic nitrogens is 1. The second kappa shape index (κ2) is 9.73. The first kappa shape index (κ1) is 18.8. The van der Waals surface area contributed by atoms with E-state index in [1.807, 2.05) is 19.2 Å². The predicted octanol–water partition coefficient (Wildman–Crippen LogP) is 3.12. The number of guanidine groups is 1. The van der Waals surface area contributed by atoms with E-state index < -0.39 is 0 Å². The summed E-state index contributed by atoms with van der Waals surface area (Å²) in [5.41, 5.74) is 0.621. The van der Waals surface area contributed by atoms with Crippen molar-refractivity contribution in [3.05, 3.63) is 51.7 Å². The number of aliphatic imine (C=N–C) groups is 1. The number of thiazole rings is 1. The van der Waals surface area contributed by atoms with Gasteiger partial charge >= 0.3 is 0 Å². The van der Waals surface area contributed by atoms with E-state index in [9.17, 15) is 4.39 Å². The maximum atomic E-state index is 13.5. The molecule has 0 atom stereocenters. The molecule has 1 aromatic carbocycles. The van der Waals surface area contributed by atoms with Gasteiger partial charge in [0.2, 0.25) is 0 Å². The van der Waals surface area contributed by atoms with Crippen molar-refractivity contribution in [3.63, 3.8) is 0 Å². The maximum Gasteiger partial charge on any atom is 0.191 e. The van der Waals surface area contributed by atoms with Gasteiger partial charge in [-0.3, -0.25) is 4.99 Å². The lowest BCUT2D eigenvalue weighted by Crippen LogP contribution is -2.38. The van der Waals surface area contributed by atoms with E-state index in [1.165, 1.54) is 10.9 Å². The monoisotopic (exact) mass is 434 g/mol. The summed E-state index contributed by atoms with van der Waals surface area (Å²) < 4.78 is 13.5. The van der Waals surface area contributed by atoms with E-state index in [1.54, 1.807) is 30.5 Å². The van der Waals surface area contributed by atoms with Crippen molar-refractivity contribution >= 4 is 41.3 Å². The Morgan fingerprint density at radius 2 is 2.09 bits per heavy atom. The molecule has 0 bridgehead atoms. The zero-order valence-corrected chi connectivity index (χ0v) is 15.7. The van der Waals surface area contributed by atoms with Gasteiger partial charge in [0.25, 0.3) is 0 Å². The van der Waals surface area contributed by atoms with Crippen LogP contribution < -0.4 is 10.6 Å². The number of hydrogen-bond acceptors (Lipinski definition) is 3. The van der Waals surface area contributed by atoms with Crippen LogP contribution in [0.4, 0.5) is 4.39 Å². The molecule has 0 aliphatic rings. The van der Waals surface area contributed by atoms with Crippen LogP contribution in [0.3, 0.4) is 0 Å². The molecule has 0 aliphatic heterocycles. The molecule has 0 radical (unpaired) electrons. The minimum atomic E-state index is -0.210. The third kappa shape index (κ3) is 5.88. The van der Waals surface area contributed by atoms with Crippen LogP contribution in [0.2, 0.25) is 0 Å². The van der Waals surface area contributed by atoms with Gasteiger partial charge < -0.3 is 10.6 Å². The number of rotatable bonds is 5. The molecule has 4 nitrogen and oxygen atoms in total. The fourth-order valence-electron chi connectivity index (χ4n) is 1.85. The standard InChI is InChI=1S/C15H19FN4S.HI/c1-11-9-19-14(21-11)7-8-18-15(17-2)20-10-12-5-3-4-6-13(12)16;/h3-6,9H,7-8,10H2,1-2H3,(H2,17,18,20);1H. The average molecular weight is 434 g/mol. The van der Waals surface area contributed by atoms with Gasteiger partial charge in [0.15, 0.2) is 5.96 Å². The first-order valence-electron chi connectivity index (χ1n) is 6.78. The van der Waals surface area contributed by atoms with Crippen LogP contribution in [0.25, 0.3) is 0 Å². The van der Waals surface area contributed by atoms with E-state index in [2.05, 4.69) is 20.6 Å². The summed E-state index contributed by atoms with van der Waals surface area (Å²) in [6.45, 7) is 3.19. The number of aryl methyl sites for hydroxylation is 1. The van der Waals surface area contributed by atoms with E-state index in [0.29, 0.717) is 18.1 Å². The number of hydrogen-bond donors (Lipinski definition) is 2. The second-order valence-electron chi connectivity index (χ2n) is 4.56. The first-order chi connectivity index (χ1) is 10.2. The molecule has 0 aliphatic carbocycles. The van der Waals surface area contributed by atoms with Crippen molar-refractivity contribution < 1.29 is 4.39 Å². The zero-order valence-electron chi connectivity index (χ0n) is 12.6. The lowest BCUT2D eigenvalue weighted by atomic mass is 10.2. The Balaban J connectivity index is 0.00000242. The quantitative estimate of drug-likeness (QED) is 0.432. The van der Waals surface area contributed by atoms with E-state index in [0.717, 1.165) is 18.0 Å². The number of nitrogens with zero attached hydrogens (tertiary/aromatic N) is 2. The number of nitrogens with one attached hydrogen (secondary N) is 2. The van der Waals surface area contributed by atoms with Gasteiger partial charge in [-0.2, -0.15) is 0 Å². The molecule has 0 amide bonds. The van der Waals surface area contributed by atoms with Crippen molar-refractivity contribution in [2.45, 2.75) is 19.9 Å². The molecule has 120 valence electrons. The SMILES string of the molecule is CN=C(NCCc1ncc(C)s1)NCc1ccccc1F.I. The van der Waals surface area contributed by atoms with Crippen molar-refractivity contribution in [1.29, 1.82) is 0 Å². The summed E-state index contributed by atoms with van der Waals surface area (Å²) in [6, 6.07) is 6.72. The molecular weight excluding hydrogens is 414 g/mol. The Morgan fingerprint density at radius 1 is 1.32 bits per heavy atom. The molecular formula is C15H20FIN4S. The summed E-state index contributed by atoms with van der Waals surface area (Å²) in [4.78, 5) is 9.65. The van der Waals surface area contributed by atoms with Gasteiger partial charge in [-0.25, -0.2) is 9.37 Å². The Morgan fingerprint density at radius 3 is 2.73 bits per heavy atom. The summed E-state index contributed by atoms with van der Waals surface area (Å²) in [6.07, 6.45) is 2.73. The average Bonchev–Trinajstić information content (AvgIpc) is 2.90. The van der Waals surface area contributed by atoms with Crippen LogP contribution in [0.15, 0.2) is 35.5 Å². The van der Waals surface area contributed by atoms with Crippen molar-refractivity contribution in [1.82, 2.24) is 15.6 Å². The van der Waals surface area contributed by atoms with Gasteiger partial charge in [-0.1, -0.05) is 18.2 Å². The van der Waals surface area contributed by atoms with E-state index in [4.69, 9.17) is 0 Å². The normalized spacial score (nSPS) is 11.0. The molecule has 2 N–H and O–H groups in total. The summed E-state index contributed by atoms with van der Waals surface area (Å²) in [5, 5.41) is 7.40. The molecule has 0 unspecified atom stereocenters. The molecule has 7 heteroatoms. The number of benzene rings is 1. The molecule has 0 fully saturated rings. The second-order valence-corrected chi connectivity index (χ2v) is 5.88. The summed E-state index contributed by atoms with van der Waals surface area (Å²) in [5.74, 6) is 0.449. The topological polar surface area (TPSA) is 49.3 Å². The highest BCUT2D eigenvalue weighted by Gasteiger charge is 2.03. The Bertz CT molecular complexity index is 615. The van der Waals surface area contributed by atoms with Crippen LogP contribution in [0.1, 0.15) is 15.4 Å². The van der Waals surface area contributed by atoms with Crippen molar-refractivity contribution in [2.24, 2.45) is 4.99 Å². The zero-order chi connectivity index (χ0) is 15.1.